The average molecular weight is 365 g/mol. The molecular formula is C19H19N5OS. The lowest BCUT2D eigenvalue weighted by atomic mass is 10.1. The molecule has 1 aliphatic rings. The van der Waals surface area contributed by atoms with Crippen molar-refractivity contribution in [1.82, 2.24) is 25.1 Å². The number of aryl methyl sites for hydroxylation is 2. The van der Waals surface area contributed by atoms with Crippen LogP contribution in [0.1, 0.15) is 23.1 Å². The Kier molecular flexibility index (Phi) is 4.97. The number of nitrogens with zero attached hydrogens (tertiary/aromatic N) is 4. The van der Waals surface area contributed by atoms with Crippen LogP contribution in [-0.2, 0) is 24.2 Å². The van der Waals surface area contributed by atoms with Crippen LogP contribution in [0.25, 0.3) is 5.82 Å². The highest BCUT2D eigenvalue weighted by Gasteiger charge is 2.12. The minimum Gasteiger partial charge on any atom is -0.351 e. The second-order valence-corrected chi connectivity index (χ2v) is 7.22. The van der Waals surface area contributed by atoms with E-state index in [9.17, 15) is 4.79 Å². The molecule has 0 saturated carbocycles. The predicted molar refractivity (Wildman–Crippen MR) is 100 cm³/mol. The number of hydrogen-bond donors (Lipinski definition) is 1. The first-order chi connectivity index (χ1) is 12.8. The summed E-state index contributed by atoms with van der Waals surface area (Å²) in [5, 5.41) is 7.07. The molecule has 26 heavy (non-hydrogen) atoms. The van der Waals surface area contributed by atoms with Crippen molar-refractivity contribution in [2.45, 2.75) is 30.7 Å². The fraction of sp³-hybridized carbons (Fsp3) is 0.263. The van der Waals surface area contributed by atoms with Crippen LogP contribution in [0.4, 0.5) is 0 Å². The van der Waals surface area contributed by atoms with E-state index in [4.69, 9.17) is 0 Å². The molecule has 1 aliphatic carbocycles. The average Bonchev–Trinajstić information content (AvgIpc) is 3.36. The Bertz CT molecular complexity index is 910. The maximum Gasteiger partial charge on any atom is 0.230 e. The lowest BCUT2D eigenvalue weighted by Gasteiger charge is -2.09. The normalized spacial score (nSPS) is 12.8. The second kappa shape index (κ2) is 7.70. The quantitative estimate of drug-likeness (QED) is 0.680. The van der Waals surface area contributed by atoms with Gasteiger partial charge in [-0.1, -0.05) is 12.1 Å². The van der Waals surface area contributed by atoms with E-state index in [1.807, 2.05) is 12.1 Å². The van der Waals surface area contributed by atoms with Crippen LogP contribution in [0.3, 0.4) is 0 Å². The van der Waals surface area contributed by atoms with Gasteiger partial charge in [0.05, 0.1) is 5.75 Å². The van der Waals surface area contributed by atoms with Gasteiger partial charge in [-0.2, -0.15) is 5.10 Å². The summed E-state index contributed by atoms with van der Waals surface area (Å²) >= 11 is 1.58. The van der Waals surface area contributed by atoms with Gasteiger partial charge in [-0.25, -0.2) is 14.6 Å². The van der Waals surface area contributed by atoms with E-state index in [1.165, 1.54) is 30.3 Å². The first-order valence-corrected chi connectivity index (χ1v) is 9.58. The van der Waals surface area contributed by atoms with Crippen molar-refractivity contribution in [3.63, 3.8) is 0 Å². The van der Waals surface area contributed by atoms with Crippen LogP contribution in [0.2, 0.25) is 0 Å². The molecule has 2 aromatic heterocycles. The zero-order chi connectivity index (χ0) is 17.8. The molecule has 132 valence electrons. The van der Waals surface area contributed by atoms with Crippen molar-refractivity contribution in [2.24, 2.45) is 0 Å². The number of thioether (sulfide) groups is 1. The van der Waals surface area contributed by atoms with Gasteiger partial charge in [0.15, 0.2) is 5.82 Å². The smallest absolute Gasteiger partial charge is 0.230 e. The Morgan fingerprint density at radius 2 is 2.15 bits per heavy atom. The first kappa shape index (κ1) is 16.8. The summed E-state index contributed by atoms with van der Waals surface area (Å²) < 4.78 is 1.60. The molecule has 4 rings (SSSR count). The molecule has 1 N–H and O–H groups in total. The number of rotatable bonds is 6. The van der Waals surface area contributed by atoms with Crippen molar-refractivity contribution in [3.05, 3.63) is 65.9 Å². The maximum absolute atomic E-state index is 12.2. The summed E-state index contributed by atoms with van der Waals surface area (Å²) in [5.74, 6) is 1.08. The number of pyridine rings is 1. The summed E-state index contributed by atoms with van der Waals surface area (Å²) in [6.45, 7) is 0.409. The predicted octanol–water partition coefficient (Wildman–Crippen LogP) is 2.56. The van der Waals surface area contributed by atoms with Crippen molar-refractivity contribution in [1.29, 1.82) is 0 Å². The molecule has 2 heterocycles. The zero-order valence-corrected chi connectivity index (χ0v) is 15.1. The van der Waals surface area contributed by atoms with Gasteiger partial charge in [0.2, 0.25) is 5.91 Å². The third kappa shape index (κ3) is 3.77. The van der Waals surface area contributed by atoms with Crippen LogP contribution in [0.15, 0.2) is 54.1 Å². The van der Waals surface area contributed by atoms with Gasteiger partial charge in [0.25, 0.3) is 0 Å². The van der Waals surface area contributed by atoms with Crippen molar-refractivity contribution >= 4 is 17.7 Å². The van der Waals surface area contributed by atoms with Gasteiger partial charge in [0, 0.05) is 23.2 Å². The Labute approximate surface area is 156 Å². The molecule has 0 bridgehead atoms. The third-order valence-corrected chi connectivity index (χ3v) is 5.41. The molecule has 7 heteroatoms. The highest BCUT2D eigenvalue weighted by molar-refractivity contribution is 8.00. The number of hydrogen-bond acceptors (Lipinski definition) is 5. The van der Waals surface area contributed by atoms with E-state index in [-0.39, 0.29) is 5.91 Å². The molecular weight excluding hydrogens is 346 g/mol. The van der Waals surface area contributed by atoms with Crippen LogP contribution >= 0.6 is 11.8 Å². The molecule has 0 atom stereocenters. The highest BCUT2D eigenvalue weighted by Crippen LogP contribution is 2.27. The topological polar surface area (TPSA) is 72.7 Å². The number of carbonyl (C=O) groups is 1. The molecule has 6 nitrogen and oxygen atoms in total. The molecule has 1 aromatic carbocycles. The molecule has 0 saturated heterocycles. The molecule has 0 fully saturated rings. The lowest BCUT2D eigenvalue weighted by molar-refractivity contribution is -0.118. The van der Waals surface area contributed by atoms with Crippen molar-refractivity contribution < 1.29 is 4.79 Å². The number of aromatic nitrogens is 4. The van der Waals surface area contributed by atoms with Gasteiger partial charge in [-0.3, -0.25) is 4.79 Å². The Balaban J connectivity index is 1.33. The van der Waals surface area contributed by atoms with E-state index < -0.39 is 0 Å². The van der Waals surface area contributed by atoms with Crippen LogP contribution in [-0.4, -0.2) is 31.4 Å². The minimum absolute atomic E-state index is 0.00360. The molecule has 0 aliphatic heterocycles. The van der Waals surface area contributed by atoms with E-state index >= 15 is 0 Å². The summed E-state index contributed by atoms with van der Waals surface area (Å²) in [6, 6.07) is 10.3. The van der Waals surface area contributed by atoms with Crippen LogP contribution in [0, 0.1) is 0 Å². The highest BCUT2D eigenvalue weighted by atomic mass is 32.2. The standard InChI is InChI=1S/C19H19N5OS/c25-18(11-26-17-7-6-14-3-1-4-15(14)9-17)22-10-16-5-2-8-21-19(16)24-13-20-12-23-24/h2,5-9,12-13H,1,3-4,10-11H2,(H,22,25). The van der Waals surface area contributed by atoms with Gasteiger partial charge >= 0.3 is 0 Å². The molecule has 0 spiro atoms. The number of benzene rings is 1. The van der Waals surface area contributed by atoms with Crippen molar-refractivity contribution in [2.75, 3.05) is 5.75 Å². The lowest BCUT2D eigenvalue weighted by Crippen LogP contribution is -2.25. The van der Waals surface area contributed by atoms with Crippen LogP contribution in [0.5, 0.6) is 0 Å². The Morgan fingerprint density at radius 1 is 1.23 bits per heavy atom. The van der Waals surface area contributed by atoms with Gasteiger partial charge in [-0.05, 0) is 48.6 Å². The van der Waals surface area contributed by atoms with E-state index in [0.717, 1.165) is 16.9 Å². The summed E-state index contributed by atoms with van der Waals surface area (Å²) in [4.78, 5) is 21.7. The molecule has 0 unspecified atom stereocenters. The molecule has 3 aromatic rings. The monoisotopic (exact) mass is 365 g/mol. The Hall–Kier alpha value is -2.67. The van der Waals surface area contributed by atoms with E-state index in [0.29, 0.717) is 18.1 Å². The maximum atomic E-state index is 12.2. The summed E-state index contributed by atoms with van der Waals surface area (Å²) in [6.07, 6.45) is 8.33. The summed E-state index contributed by atoms with van der Waals surface area (Å²) in [7, 11) is 0. The number of fused-ring (bicyclic) bond motifs is 1. The van der Waals surface area contributed by atoms with Gasteiger partial charge < -0.3 is 5.32 Å². The second-order valence-electron chi connectivity index (χ2n) is 6.18. The Morgan fingerprint density at radius 3 is 3.04 bits per heavy atom. The number of nitrogens with one attached hydrogen (secondary N) is 1. The van der Waals surface area contributed by atoms with E-state index in [2.05, 4.69) is 38.6 Å². The van der Waals surface area contributed by atoms with Gasteiger partial charge in [0.1, 0.15) is 12.7 Å². The van der Waals surface area contributed by atoms with E-state index in [1.54, 1.807) is 29.0 Å². The largest absolute Gasteiger partial charge is 0.351 e. The third-order valence-electron chi connectivity index (χ3n) is 4.42. The minimum atomic E-state index is 0.00360. The summed E-state index contributed by atoms with van der Waals surface area (Å²) in [5.41, 5.74) is 3.79. The molecule has 0 radical (unpaired) electrons. The first-order valence-electron chi connectivity index (χ1n) is 8.60. The SMILES string of the molecule is O=C(CSc1ccc2c(c1)CCC2)NCc1cccnc1-n1cncn1. The van der Waals surface area contributed by atoms with Crippen LogP contribution < -0.4 is 5.32 Å². The molecule has 1 amide bonds. The number of amides is 1. The zero-order valence-electron chi connectivity index (χ0n) is 14.3. The number of carbonyl (C=O) groups excluding carboxylic acids is 1. The van der Waals surface area contributed by atoms with Gasteiger partial charge in [-0.15, -0.1) is 11.8 Å². The van der Waals surface area contributed by atoms with Crippen molar-refractivity contribution in [3.8, 4) is 5.82 Å². The fourth-order valence-electron chi connectivity index (χ4n) is 3.12. The fourth-order valence-corrected chi connectivity index (χ4v) is 3.91.